The van der Waals surface area contributed by atoms with E-state index in [-0.39, 0.29) is 0 Å². The fraction of sp³-hybridized carbons (Fsp3) is 0.389. The summed E-state index contributed by atoms with van der Waals surface area (Å²) in [4.78, 5) is 21.4. The molecule has 0 bridgehead atoms. The van der Waals surface area contributed by atoms with E-state index < -0.39 is 5.97 Å². The van der Waals surface area contributed by atoms with E-state index in [4.69, 9.17) is 4.98 Å². The van der Waals surface area contributed by atoms with Crippen molar-refractivity contribution in [1.29, 1.82) is 0 Å². The lowest BCUT2D eigenvalue weighted by atomic mass is 9.95. The number of imidazole rings is 1. The molecule has 0 amide bonds. The molecule has 2 heterocycles. The molecule has 0 atom stereocenters. The van der Waals surface area contributed by atoms with Gasteiger partial charge >= 0.3 is 5.97 Å². The molecule has 24 heavy (non-hydrogen) atoms. The first-order valence-electron chi connectivity index (χ1n) is 8.34. The lowest BCUT2D eigenvalue weighted by Gasteiger charge is -2.25. The molecule has 1 aliphatic carbocycles. The Hall–Kier alpha value is -2.21. The van der Waals surface area contributed by atoms with Crippen LogP contribution < -0.4 is 0 Å². The van der Waals surface area contributed by atoms with Gasteiger partial charge in [-0.3, -0.25) is 4.98 Å². The number of fused-ring (bicyclic) bond motifs is 1. The quantitative estimate of drug-likeness (QED) is 0.769. The lowest BCUT2D eigenvalue weighted by molar-refractivity contribution is 0.0697. The van der Waals surface area contributed by atoms with Crippen molar-refractivity contribution in [3.8, 4) is 0 Å². The Morgan fingerprint density at radius 1 is 1.29 bits per heavy atom. The Labute approximate surface area is 144 Å². The third-order valence-electron chi connectivity index (χ3n) is 4.77. The van der Waals surface area contributed by atoms with E-state index in [1.165, 1.54) is 37.0 Å². The second-order valence-corrected chi connectivity index (χ2v) is 7.31. The van der Waals surface area contributed by atoms with Crippen LogP contribution in [0.3, 0.4) is 0 Å². The topological polar surface area (TPSA) is 68.0 Å². The molecule has 0 aliphatic heterocycles. The fourth-order valence-corrected chi connectivity index (χ4v) is 4.23. The van der Waals surface area contributed by atoms with Crippen LogP contribution in [0.1, 0.15) is 59.2 Å². The van der Waals surface area contributed by atoms with E-state index >= 15 is 0 Å². The van der Waals surface area contributed by atoms with E-state index in [0.717, 1.165) is 23.3 Å². The van der Waals surface area contributed by atoms with E-state index in [2.05, 4.69) is 9.55 Å². The minimum atomic E-state index is -0.909. The maximum absolute atomic E-state index is 11.3. The van der Waals surface area contributed by atoms with Crippen molar-refractivity contribution >= 4 is 28.3 Å². The number of rotatable bonds is 4. The minimum Gasteiger partial charge on any atom is -0.478 e. The monoisotopic (exact) mass is 341 g/mol. The smallest absolute Gasteiger partial charge is 0.335 e. The van der Waals surface area contributed by atoms with Crippen molar-refractivity contribution < 1.29 is 9.90 Å². The molecule has 6 heteroatoms. The Morgan fingerprint density at radius 2 is 2.12 bits per heavy atom. The summed E-state index contributed by atoms with van der Waals surface area (Å²) in [5.74, 6) is 0.108. The van der Waals surface area contributed by atoms with Crippen LogP contribution in [-0.4, -0.2) is 25.6 Å². The Bertz CT molecular complexity index is 864. The SMILES string of the molecule is O=C(O)c1ccc2c(c1)nc(Cc1cncs1)n2C1CCCCC1. The van der Waals surface area contributed by atoms with Crippen LogP contribution in [0.5, 0.6) is 0 Å². The van der Waals surface area contributed by atoms with Gasteiger partial charge < -0.3 is 9.67 Å². The second kappa shape index (κ2) is 6.36. The maximum atomic E-state index is 11.3. The summed E-state index contributed by atoms with van der Waals surface area (Å²) in [6.07, 6.45) is 8.77. The first-order chi connectivity index (χ1) is 11.7. The molecule has 124 valence electrons. The van der Waals surface area contributed by atoms with Crippen LogP contribution >= 0.6 is 11.3 Å². The van der Waals surface area contributed by atoms with Crippen molar-refractivity contribution in [2.24, 2.45) is 0 Å². The summed E-state index contributed by atoms with van der Waals surface area (Å²) >= 11 is 1.63. The third-order valence-corrected chi connectivity index (χ3v) is 5.54. The largest absolute Gasteiger partial charge is 0.478 e. The molecule has 4 rings (SSSR count). The van der Waals surface area contributed by atoms with Crippen LogP contribution in [0.15, 0.2) is 29.9 Å². The Balaban J connectivity index is 1.82. The third kappa shape index (κ3) is 2.82. The van der Waals surface area contributed by atoms with Crippen molar-refractivity contribution in [3.05, 3.63) is 46.2 Å². The summed E-state index contributed by atoms with van der Waals surface area (Å²) in [6.45, 7) is 0. The number of aromatic carboxylic acids is 1. The number of carbonyl (C=O) groups is 1. The standard InChI is InChI=1S/C18H19N3O2S/c22-18(23)12-6-7-16-15(8-12)20-17(9-14-10-19-11-24-14)21(16)13-4-2-1-3-5-13/h6-8,10-11,13H,1-5,9H2,(H,22,23). The number of hydrogen-bond donors (Lipinski definition) is 1. The van der Waals surface area contributed by atoms with Crippen LogP contribution in [0.2, 0.25) is 0 Å². The van der Waals surface area contributed by atoms with Gasteiger partial charge in [-0.2, -0.15) is 0 Å². The molecule has 1 N–H and O–H groups in total. The van der Waals surface area contributed by atoms with Gasteiger partial charge in [-0.05, 0) is 31.0 Å². The molecule has 0 unspecified atom stereocenters. The predicted octanol–water partition coefficient (Wildman–Crippen LogP) is 4.29. The van der Waals surface area contributed by atoms with Gasteiger partial charge in [0.1, 0.15) is 5.82 Å². The van der Waals surface area contributed by atoms with Gasteiger partial charge in [-0.1, -0.05) is 19.3 Å². The first-order valence-corrected chi connectivity index (χ1v) is 9.22. The van der Waals surface area contributed by atoms with Crippen molar-refractivity contribution in [1.82, 2.24) is 14.5 Å². The molecule has 2 aromatic heterocycles. The van der Waals surface area contributed by atoms with Gasteiger partial charge in [0.25, 0.3) is 0 Å². The number of thiazole rings is 1. The van der Waals surface area contributed by atoms with Crippen molar-refractivity contribution in [2.75, 3.05) is 0 Å². The number of carboxylic acid groups (broad SMARTS) is 1. The molecular formula is C18H19N3O2S. The summed E-state index contributed by atoms with van der Waals surface area (Å²) in [6, 6.07) is 5.74. The van der Waals surface area contributed by atoms with Gasteiger partial charge in [0.05, 0.1) is 22.1 Å². The van der Waals surface area contributed by atoms with Gasteiger partial charge in [-0.15, -0.1) is 11.3 Å². The highest BCUT2D eigenvalue weighted by Gasteiger charge is 2.22. The van der Waals surface area contributed by atoms with Crippen LogP contribution in [0, 0.1) is 0 Å². The van der Waals surface area contributed by atoms with E-state index in [1.54, 1.807) is 23.5 Å². The zero-order valence-corrected chi connectivity index (χ0v) is 14.1. The number of nitrogens with zero attached hydrogens (tertiary/aromatic N) is 3. The maximum Gasteiger partial charge on any atom is 0.335 e. The van der Waals surface area contributed by atoms with Gasteiger partial charge in [0, 0.05) is 23.5 Å². The summed E-state index contributed by atoms with van der Waals surface area (Å²) < 4.78 is 2.35. The minimum absolute atomic E-state index is 0.292. The van der Waals surface area contributed by atoms with E-state index in [1.807, 2.05) is 17.8 Å². The average Bonchev–Trinajstić information content (AvgIpc) is 3.22. The molecule has 0 radical (unpaired) electrons. The number of carboxylic acids is 1. The summed E-state index contributed by atoms with van der Waals surface area (Å²) in [5, 5.41) is 9.24. The molecule has 1 fully saturated rings. The number of benzene rings is 1. The fourth-order valence-electron chi connectivity index (χ4n) is 3.64. The van der Waals surface area contributed by atoms with E-state index in [0.29, 0.717) is 11.6 Å². The highest BCUT2D eigenvalue weighted by molar-refractivity contribution is 7.09. The zero-order valence-electron chi connectivity index (χ0n) is 13.3. The highest BCUT2D eigenvalue weighted by atomic mass is 32.1. The Kier molecular flexibility index (Phi) is 4.06. The normalized spacial score (nSPS) is 15.8. The van der Waals surface area contributed by atoms with Crippen molar-refractivity contribution in [2.45, 2.75) is 44.6 Å². The van der Waals surface area contributed by atoms with Crippen LogP contribution in [-0.2, 0) is 6.42 Å². The average molecular weight is 341 g/mol. The zero-order chi connectivity index (χ0) is 16.5. The summed E-state index contributed by atoms with van der Waals surface area (Å²) in [5.41, 5.74) is 3.96. The molecule has 3 aromatic rings. The second-order valence-electron chi connectivity index (χ2n) is 6.34. The first kappa shape index (κ1) is 15.3. The lowest BCUT2D eigenvalue weighted by Crippen LogP contribution is -2.15. The molecule has 0 saturated heterocycles. The molecule has 0 spiro atoms. The Morgan fingerprint density at radius 3 is 2.83 bits per heavy atom. The number of aromatic nitrogens is 3. The molecule has 1 aromatic carbocycles. The molecular weight excluding hydrogens is 322 g/mol. The predicted molar refractivity (Wildman–Crippen MR) is 93.7 cm³/mol. The van der Waals surface area contributed by atoms with Crippen LogP contribution in [0.25, 0.3) is 11.0 Å². The van der Waals surface area contributed by atoms with E-state index in [9.17, 15) is 9.90 Å². The molecule has 1 aliphatic rings. The molecule has 1 saturated carbocycles. The van der Waals surface area contributed by atoms with Gasteiger partial charge in [-0.25, -0.2) is 9.78 Å². The molecule has 5 nitrogen and oxygen atoms in total. The summed E-state index contributed by atoms with van der Waals surface area (Å²) in [7, 11) is 0. The highest BCUT2D eigenvalue weighted by Crippen LogP contribution is 2.33. The number of hydrogen-bond acceptors (Lipinski definition) is 4. The van der Waals surface area contributed by atoms with Gasteiger partial charge in [0.2, 0.25) is 0 Å². The van der Waals surface area contributed by atoms with Crippen molar-refractivity contribution in [3.63, 3.8) is 0 Å². The van der Waals surface area contributed by atoms with Gasteiger partial charge in [0.15, 0.2) is 0 Å². The van der Waals surface area contributed by atoms with Crippen LogP contribution in [0.4, 0.5) is 0 Å².